The number of ether oxygens (including phenoxy) is 1. The van der Waals surface area contributed by atoms with Crippen LogP contribution in [0.3, 0.4) is 0 Å². The summed E-state index contributed by atoms with van der Waals surface area (Å²) in [7, 11) is 2.05. The second-order valence-corrected chi connectivity index (χ2v) is 10.3. The molecule has 2 fully saturated rings. The summed E-state index contributed by atoms with van der Waals surface area (Å²) >= 11 is 1.49. The highest BCUT2D eigenvalue weighted by Gasteiger charge is 2.31. The lowest BCUT2D eigenvalue weighted by Gasteiger charge is -2.27. The molecule has 2 aliphatic rings. The summed E-state index contributed by atoms with van der Waals surface area (Å²) < 4.78 is 7.57. The van der Waals surface area contributed by atoms with E-state index < -0.39 is 0 Å². The number of amides is 2. The van der Waals surface area contributed by atoms with E-state index in [0.717, 1.165) is 35.4 Å². The Hall–Kier alpha value is -2.94. The molecule has 35 heavy (non-hydrogen) atoms. The van der Waals surface area contributed by atoms with Crippen molar-refractivity contribution in [1.29, 1.82) is 0 Å². The summed E-state index contributed by atoms with van der Waals surface area (Å²) in [6.45, 7) is 5.38. The van der Waals surface area contributed by atoms with Crippen molar-refractivity contribution in [3.8, 4) is 10.4 Å². The summed E-state index contributed by atoms with van der Waals surface area (Å²) in [6, 6.07) is 14.5. The summed E-state index contributed by atoms with van der Waals surface area (Å²) in [4.78, 5) is 31.9. The third kappa shape index (κ3) is 4.91. The van der Waals surface area contributed by atoms with Crippen LogP contribution in [0.2, 0.25) is 0 Å². The highest BCUT2D eigenvalue weighted by Crippen LogP contribution is 2.41. The van der Waals surface area contributed by atoms with Crippen molar-refractivity contribution in [1.82, 2.24) is 14.4 Å². The normalized spacial score (nSPS) is 18.7. The minimum absolute atomic E-state index is 0.0395. The number of benzene rings is 1. The first-order chi connectivity index (χ1) is 17.0. The van der Waals surface area contributed by atoms with E-state index >= 15 is 0 Å². The fourth-order valence-corrected chi connectivity index (χ4v) is 6.39. The van der Waals surface area contributed by atoms with Gasteiger partial charge in [0.15, 0.2) is 0 Å². The first kappa shape index (κ1) is 23.8. The van der Waals surface area contributed by atoms with Crippen LogP contribution in [0.4, 0.5) is 5.00 Å². The van der Waals surface area contributed by atoms with E-state index in [9.17, 15) is 9.59 Å². The van der Waals surface area contributed by atoms with Crippen molar-refractivity contribution < 1.29 is 14.3 Å². The zero-order valence-electron chi connectivity index (χ0n) is 20.3. The summed E-state index contributed by atoms with van der Waals surface area (Å²) in [6.07, 6.45) is 4.16. The maximum Gasteiger partial charge on any atom is 0.257 e. The van der Waals surface area contributed by atoms with Crippen LogP contribution in [0.25, 0.3) is 10.4 Å². The Labute approximate surface area is 210 Å². The van der Waals surface area contributed by atoms with Crippen molar-refractivity contribution >= 4 is 28.2 Å². The molecule has 2 amide bonds. The number of morpholine rings is 1. The van der Waals surface area contributed by atoms with Gasteiger partial charge in [0.05, 0.1) is 31.4 Å². The molecule has 3 aromatic rings. The molecule has 0 saturated carbocycles. The first-order valence-electron chi connectivity index (χ1n) is 12.2. The van der Waals surface area contributed by atoms with E-state index in [-0.39, 0.29) is 17.9 Å². The average molecular weight is 493 g/mol. The minimum Gasteiger partial charge on any atom is -0.378 e. The third-order valence-electron chi connectivity index (χ3n) is 6.98. The highest BCUT2D eigenvalue weighted by atomic mass is 32.1. The summed E-state index contributed by atoms with van der Waals surface area (Å²) in [5, 5.41) is 3.76. The van der Waals surface area contributed by atoms with Crippen molar-refractivity contribution in [2.75, 3.05) is 44.7 Å². The lowest BCUT2D eigenvalue weighted by Crippen LogP contribution is -2.41. The SMILES string of the molecule is Cc1c(-c2ccccc2)sc(NC(=O)CN2CCC[C@@H]2c2cccn2C)c1C(=O)N1CCOCC1. The quantitative estimate of drug-likeness (QED) is 0.557. The zero-order valence-corrected chi connectivity index (χ0v) is 21.1. The molecule has 184 valence electrons. The van der Waals surface area contributed by atoms with Crippen molar-refractivity contribution in [2.24, 2.45) is 7.05 Å². The van der Waals surface area contributed by atoms with Crippen molar-refractivity contribution in [3.05, 3.63) is 65.5 Å². The van der Waals surface area contributed by atoms with Gasteiger partial charge in [-0.15, -0.1) is 11.3 Å². The van der Waals surface area contributed by atoms with Crippen LogP contribution < -0.4 is 5.32 Å². The molecule has 1 aromatic carbocycles. The molecule has 4 heterocycles. The maximum atomic E-state index is 13.6. The number of thiophene rings is 1. The Kier molecular flexibility index (Phi) is 7.04. The van der Waals surface area contributed by atoms with Gasteiger partial charge in [-0.3, -0.25) is 14.5 Å². The second kappa shape index (κ2) is 10.4. The maximum absolute atomic E-state index is 13.6. The van der Waals surface area contributed by atoms with Crippen LogP contribution in [0, 0.1) is 6.92 Å². The van der Waals surface area contributed by atoms with Crippen LogP contribution in [0.15, 0.2) is 48.7 Å². The lowest BCUT2D eigenvalue weighted by molar-refractivity contribution is -0.117. The Morgan fingerprint density at radius 2 is 1.86 bits per heavy atom. The predicted octanol–water partition coefficient (Wildman–Crippen LogP) is 4.31. The molecule has 5 rings (SSSR count). The molecule has 8 heteroatoms. The molecule has 2 aliphatic heterocycles. The van der Waals surface area contributed by atoms with Gasteiger partial charge in [0.2, 0.25) is 5.91 Å². The largest absolute Gasteiger partial charge is 0.378 e. The number of hydrogen-bond donors (Lipinski definition) is 1. The number of hydrogen-bond acceptors (Lipinski definition) is 5. The zero-order chi connectivity index (χ0) is 24.4. The number of rotatable bonds is 6. The standard InChI is InChI=1S/C27H32N4O3S/c1-19-24(27(33)30-14-16-34-17-15-30)26(35-25(19)20-8-4-3-5-9-20)28-23(32)18-31-13-7-11-22(31)21-10-6-12-29(21)2/h3-6,8-10,12,22H,7,11,13-18H2,1-2H3,(H,28,32)/t22-/m1/s1. The molecule has 2 saturated heterocycles. The summed E-state index contributed by atoms with van der Waals surface area (Å²) in [5.74, 6) is -0.120. The molecule has 0 unspecified atom stereocenters. The van der Waals surface area contributed by atoms with Gasteiger partial charge < -0.3 is 19.5 Å². The van der Waals surface area contributed by atoms with E-state index in [2.05, 4.69) is 40.2 Å². The molecular weight excluding hydrogens is 460 g/mol. The molecule has 0 radical (unpaired) electrons. The fourth-order valence-electron chi connectivity index (χ4n) is 5.17. The number of anilines is 1. The van der Waals surface area contributed by atoms with Gasteiger partial charge >= 0.3 is 0 Å². The number of aromatic nitrogens is 1. The molecule has 0 aliphatic carbocycles. The number of nitrogens with one attached hydrogen (secondary N) is 1. The topological polar surface area (TPSA) is 66.8 Å². The lowest BCUT2D eigenvalue weighted by atomic mass is 10.1. The van der Waals surface area contributed by atoms with Crippen molar-refractivity contribution in [3.63, 3.8) is 0 Å². The van der Waals surface area contributed by atoms with Gasteiger partial charge in [-0.1, -0.05) is 30.3 Å². The van der Waals surface area contributed by atoms with Crippen molar-refractivity contribution in [2.45, 2.75) is 25.8 Å². The molecule has 0 bridgehead atoms. The van der Waals surface area contributed by atoms with E-state index in [4.69, 9.17) is 4.74 Å². The molecular formula is C27H32N4O3S. The van der Waals surface area contributed by atoms with Crippen LogP contribution in [-0.4, -0.2) is 65.6 Å². The highest BCUT2D eigenvalue weighted by molar-refractivity contribution is 7.20. The smallest absolute Gasteiger partial charge is 0.257 e. The van der Waals surface area contributed by atoms with E-state index in [1.54, 1.807) is 0 Å². The number of likely N-dealkylation sites (tertiary alicyclic amines) is 1. The predicted molar refractivity (Wildman–Crippen MR) is 139 cm³/mol. The average Bonchev–Trinajstić information content (AvgIpc) is 3.58. The van der Waals surface area contributed by atoms with Gasteiger partial charge in [-0.2, -0.15) is 0 Å². The van der Waals surface area contributed by atoms with Gasteiger partial charge in [-0.25, -0.2) is 0 Å². The van der Waals surface area contributed by atoms with E-state index in [1.165, 1.54) is 17.0 Å². The summed E-state index contributed by atoms with van der Waals surface area (Å²) in [5.41, 5.74) is 3.80. The second-order valence-electron chi connectivity index (χ2n) is 9.25. The van der Waals surface area contributed by atoms with Crippen LogP contribution in [-0.2, 0) is 16.6 Å². The number of nitrogens with zero attached hydrogens (tertiary/aromatic N) is 3. The molecule has 1 N–H and O–H groups in total. The Balaban J connectivity index is 1.40. The monoisotopic (exact) mass is 492 g/mol. The fraction of sp³-hybridized carbons (Fsp3) is 0.407. The van der Waals surface area contributed by atoms with Crippen LogP contribution >= 0.6 is 11.3 Å². The third-order valence-corrected chi connectivity index (χ3v) is 8.24. The molecule has 2 aromatic heterocycles. The number of carbonyl (C=O) groups excluding carboxylic acids is 2. The van der Waals surface area contributed by atoms with Gasteiger partial charge in [-0.05, 0) is 49.6 Å². The number of carbonyl (C=O) groups is 2. The molecule has 0 spiro atoms. The van der Waals surface area contributed by atoms with Crippen LogP contribution in [0.5, 0.6) is 0 Å². The minimum atomic E-state index is -0.0806. The van der Waals surface area contributed by atoms with E-state index in [0.29, 0.717) is 43.4 Å². The molecule has 1 atom stereocenters. The number of aryl methyl sites for hydroxylation is 1. The Morgan fingerprint density at radius 3 is 2.57 bits per heavy atom. The first-order valence-corrected chi connectivity index (χ1v) is 13.1. The van der Waals surface area contributed by atoms with Gasteiger partial charge in [0.25, 0.3) is 5.91 Å². The Morgan fingerprint density at radius 1 is 1.09 bits per heavy atom. The Bertz CT molecular complexity index is 1200. The van der Waals surface area contributed by atoms with E-state index in [1.807, 2.05) is 42.2 Å². The van der Waals surface area contributed by atoms with Crippen LogP contribution in [0.1, 0.15) is 40.5 Å². The molecule has 7 nitrogen and oxygen atoms in total. The van der Waals surface area contributed by atoms with Gasteiger partial charge in [0.1, 0.15) is 5.00 Å². The van der Waals surface area contributed by atoms with Gasteiger partial charge in [0, 0.05) is 36.9 Å².